The Morgan fingerprint density at radius 2 is 1.84 bits per heavy atom. The first-order chi connectivity index (χ1) is 11.6. The zero-order valence-electron chi connectivity index (χ0n) is 15.8. The standard InChI is InChI=1S/C20H33N3O.ClH/c1-20(2,3)19-17(14-22-23-19)13-21-12-16-10-7-11-24-18(16)15-8-5-4-6-9-15;/h4-6,8-9,16-19,21-23H,7,10-14H2,1-3H3;1H. The van der Waals surface area contributed by atoms with Crippen molar-refractivity contribution in [1.82, 2.24) is 16.2 Å². The van der Waals surface area contributed by atoms with Crippen molar-refractivity contribution >= 4 is 12.4 Å². The fraction of sp³-hybridized carbons (Fsp3) is 0.700. The number of rotatable bonds is 5. The summed E-state index contributed by atoms with van der Waals surface area (Å²) in [5.74, 6) is 1.20. The highest BCUT2D eigenvalue weighted by Crippen LogP contribution is 2.33. The second-order valence-corrected chi connectivity index (χ2v) is 8.39. The molecule has 0 amide bonds. The fourth-order valence-electron chi connectivity index (χ4n) is 4.17. The Morgan fingerprint density at radius 1 is 1.12 bits per heavy atom. The largest absolute Gasteiger partial charge is 0.373 e. The molecule has 2 aliphatic heterocycles. The summed E-state index contributed by atoms with van der Waals surface area (Å²) in [5.41, 5.74) is 8.39. The lowest BCUT2D eigenvalue weighted by Gasteiger charge is -2.34. The van der Waals surface area contributed by atoms with E-state index < -0.39 is 0 Å². The number of nitrogens with one attached hydrogen (secondary N) is 3. The van der Waals surface area contributed by atoms with E-state index >= 15 is 0 Å². The number of halogens is 1. The van der Waals surface area contributed by atoms with E-state index in [-0.39, 0.29) is 23.9 Å². The van der Waals surface area contributed by atoms with Crippen LogP contribution in [0.4, 0.5) is 0 Å². The van der Waals surface area contributed by atoms with Crippen LogP contribution < -0.4 is 16.2 Å². The van der Waals surface area contributed by atoms with Crippen molar-refractivity contribution in [3.8, 4) is 0 Å². The molecule has 3 rings (SSSR count). The smallest absolute Gasteiger partial charge is 0.0865 e. The summed E-state index contributed by atoms with van der Waals surface area (Å²) >= 11 is 0. The van der Waals surface area contributed by atoms with Crippen molar-refractivity contribution in [2.75, 3.05) is 26.2 Å². The molecule has 0 aliphatic carbocycles. The molecule has 2 aliphatic rings. The maximum absolute atomic E-state index is 6.11. The highest BCUT2D eigenvalue weighted by atomic mass is 35.5. The predicted octanol–water partition coefficient (Wildman–Crippen LogP) is 3.30. The van der Waals surface area contributed by atoms with Gasteiger partial charge >= 0.3 is 0 Å². The van der Waals surface area contributed by atoms with Crippen LogP contribution in [0.15, 0.2) is 30.3 Å². The summed E-state index contributed by atoms with van der Waals surface area (Å²) < 4.78 is 6.11. The van der Waals surface area contributed by atoms with Crippen LogP contribution in [0.1, 0.15) is 45.3 Å². The second kappa shape index (κ2) is 9.33. The topological polar surface area (TPSA) is 45.3 Å². The van der Waals surface area contributed by atoms with Gasteiger partial charge in [-0.05, 0) is 23.8 Å². The molecule has 25 heavy (non-hydrogen) atoms. The Balaban J connectivity index is 0.00000225. The van der Waals surface area contributed by atoms with E-state index in [2.05, 4.69) is 67.3 Å². The summed E-state index contributed by atoms with van der Waals surface area (Å²) in [4.78, 5) is 0. The van der Waals surface area contributed by atoms with E-state index in [0.717, 1.165) is 26.2 Å². The first kappa shape index (κ1) is 20.7. The molecule has 5 heteroatoms. The number of hydrogen-bond donors (Lipinski definition) is 3. The lowest BCUT2D eigenvalue weighted by Crippen LogP contribution is -2.45. The zero-order chi connectivity index (χ0) is 17.0. The third-order valence-corrected chi connectivity index (χ3v) is 5.41. The SMILES string of the molecule is CC(C)(C)C1NNCC1CNCC1CCCOC1c1ccccc1.Cl. The van der Waals surface area contributed by atoms with Gasteiger partial charge in [-0.25, -0.2) is 0 Å². The van der Waals surface area contributed by atoms with Crippen molar-refractivity contribution in [3.63, 3.8) is 0 Å². The van der Waals surface area contributed by atoms with E-state index in [1.807, 2.05) is 0 Å². The van der Waals surface area contributed by atoms with E-state index in [1.54, 1.807) is 0 Å². The van der Waals surface area contributed by atoms with Crippen LogP contribution >= 0.6 is 12.4 Å². The lowest BCUT2D eigenvalue weighted by atomic mass is 9.80. The first-order valence-corrected chi connectivity index (χ1v) is 9.41. The zero-order valence-corrected chi connectivity index (χ0v) is 16.6. The van der Waals surface area contributed by atoms with Crippen LogP contribution in [-0.4, -0.2) is 32.3 Å². The summed E-state index contributed by atoms with van der Waals surface area (Å²) in [6.45, 7) is 10.9. The van der Waals surface area contributed by atoms with E-state index in [9.17, 15) is 0 Å². The molecular formula is C20H34ClN3O. The summed E-state index contributed by atoms with van der Waals surface area (Å²) in [5, 5.41) is 3.74. The minimum absolute atomic E-state index is 0. The maximum Gasteiger partial charge on any atom is 0.0865 e. The van der Waals surface area contributed by atoms with Gasteiger partial charge < -0.3 is 10.1 Å². The molecule has 0 spiro atoms. The predicted molar refractivity (Wildman–Crippen MR) is 106 cm³/mol. The number of benzene rings is 1. The van der Waals surface area contributed by atoms with Gasteiger partial charge in [0.25, 0.3) is 0 Å². The molecule has 4 nitrogen and oxygen atoms in total. The second-order valence-electron chi connectivity index (χ2n) is 8.39. The number of hydrogen-bond acceptors (Lipinski definition) is 4. The van der Waals surface area contributed by atoms with Gasteiger partial charge in [-0.3, -0.25) is 10.9 Å². The average molecular weight is 368 g/mol. The normalized spacial score (nSPS) is 30.0. The van der Waals surface area contributed by atoms with Crippen molar-refractivity contribution in [3.05, 3.63) is 35.9 Å². The van der Waals surface area contributed by atoms with Crippen LogP contribution in [0, 0.1) is 17.3 Å². The number of hydrazine groups is 1. The molecule has 0 radical (unpaired) electrons. The monoisotopic (exact) mass is 367 g/mol. The molecule has 0 aromatic heterocycles. The van der Waals surface area contributed by atoms with Crippen LogP contribution in [0.25, 0.3) is 0 Å². The van der Waals surface area contributed by atoms with E-state index in [1.165, 1.54) is 18.4 Å². The van der Waals surface area contributed by atoms with Gasteiger partial charge in [0.1, 0.15) is 0 Å². The lowest BCUT2D eigenvalue weighted by molar-refractivity contribution is -0.0280. The molecule has 2 heterocycles. The van der Waals surface area contributed by atoms with Gasteiger partial charge in [0, 0.05) is 44.1 Å². The van der Waals surface area contributed by atoms with Crippen molar-refractivity contribution < 1.29 is 4.74 Å². The summed E-state index contributed by atoms with van der Waals surface area (Å²) in [6, 6.07) is 11.2. The van der Waals surface area contributed by atoms with Crippen LogP contribution in [-0.2, 0) is 4.74 Å². The summed E-state index contributed by atoms with van der Waals surface area (Å²) in [7, 11) is 0. The number of ether oxygens (including phenoxy) is 1. The van der Waals surface area contributed by atoms with Gasteiger partial charge in [-0.2, -0.15) is 0 Å². The Kier molecular flexibility index (Phi) is 7.71. The molecule has 1 aromatic carbocycles. The molecule has 4 atom stereocenters. The highest BCUT2D eigenvalue weighted by molar-refractivity contribution is 5.85. The van der Waals surface area contributed by atoms with Crippen molar-refractivity contribution in [1.29, 1.82) is 0 Å². The molecule has 0 bridgehead atoms. The first-order valence-electron chi connectivity index (χ1n) is 9.41. The van der Waals surface area contributed by atoms with Gasteiger partial charge in [-0.1, -0.05) is 51.1 Å². The highest BCUT2D eigenvalue weighted by Gasteiger charge is 2.36. The molecule has 3 N–H and O–H groups in total. The third kappa shape index (κ3) is 5.41. The minimum atomic E-state index is 0. The molecule has 1 aromatic rings. The van der Waals surface area contributed by atoms with Crippen molar-refractivity contribution in [2.45, 2.75) is 45.8 Å². The van der Waals surface area contributed by atoms with Crippen LogP contribution in [0.5, 0.6) is 0 Å². The Hall–Kier alpha value is -0.650. The molecule has 142 valence electrons. The Morgan fingerprint density at radius 3 is 2.56 bits per heavy atom. The van der Waals surface area contributed by atoms with Gasteiger partial charge in [-0.15, -0.1) is 12.4 Å². The van der Waals surface area contributed by atoms with Gasteiger partial charge in [0.15, 0.2) is 0 Å². The Labute approximate surface area is 158 Å². The fourth-order valence-corrected chi connectivity index (χ4v) is 4.17. The van der Waals surface area contributed by atoms with Gasteiger partial charge in [0.05, 0.1) is 6.10 Å². The van der Waals surface area contributed by atoms with E-state index in [4.69, 9.17) is 4.74 Å². The minimum Gasteiger partial charge on any atom is -0.373 e. The van der Waals surface area contributed by atoms with Crippen LogP contribution in [0.2, 0.25) is 0 Å². The third-order valence-electron chi connectivity index (χ3n) is 5.41. The molecule has 2 saturated heterocycles. The van der Waals surface area contributed by atoms with Crippen LogP contribution in [0.3, 0.4) is 0 Å². The van der Waals surface area contributed by atoms with E-state index in [0.29, 0.717) is 17.9 Å². The summed E-state index contributed by atoms with van der Waals surface area (Å²) in [6.07, 6.45) is 2.66. The quantitative estimate of drug-likeness (QED) is 0.747. The molecule has 4 unspecified atom stereocenters. The van der Waals surface area contributed by atoms with Crippen molar-refractivity contribution in [2.24, 2.45) is 17.3 Å². The maximum atomic E-state index is 6.11. The van der Waals surface area contributed by atoms with Gasteiger partial charge in [0.2, 0.25) is 0 Å². The Bertz CT molecular complexity index is 505. The molecular weight excluding hydrogens is 334 g/mol. The molecule has 0 saturated carbocycles. The molecule has 2 fully saturated rings. The average Bonchev–Trinajstić information content (AvgIpc) is 3.05.